The van der Waals surface area contributed by atoms with E-state index in [0.717, 1.165) is 15.5 Å². The lowest BCUT2D eigenvalue weighted by molar-refractivity contribution is -0.116. The highest BCUT2D eigenvalue weighted by Gasteiger charge is 2.55. The van der Waals surface area contributed by atoms with Crippen LogP contribution < -0.4 is 15.3 Å². The number of amides is 1. The van der Waals surface area contributed by atoms with Gasteiger partial charge in [0, 0.05) is 21.7 Å². The number of halogens is 2. The molecule has 2 bridgehead atoms. The van der Waals surface area contributed by atoms with Gasteiger partial charge in [-0.05, 0) is 72.9 Å². The standard InChI is InChI=1S/C25H23Cl2N3O4S3/c26-17-3-1-2-16(21(17)27)20-19-12-4-5-13(10-12)22(19)35-24-23(20)36-25(32)30(24)11-18(31)29-14-6-8-15(9-7-14)37(28,33)34/h1-3,6-9,12-13,19-20,22H,4-5,10-11H2,(H,29,31)(H2,28,33,34)/t12?,13?,19?,20-,22?/m1/s1. The molecule has 1 aromatic heterocycles. The molecule has 7 nitrogen and oxygen atoms in total. The fourth-order valence-corrected chi connectivity index (χ4v) is 10.4. The van der Waals surface area contributed by atoms with Gasteiger partial charge in [-0.1, -0.05) is 46.7 Å². The molecule has 0 saturated heterocycles. The van der Waals surface area contributed by atoms with Gasteiger partial charge in [-0.25, -0.2) is 13.6 Å². The van der Waals surface area contributed by atoms with Gasteiger partial charge in [0.2, 0.25) is 15.9 Å². The maximum atomic E-state index is 13.2. The summed E-state index contributed by atoms with van der Waals surface area (Å²) in [5.41, 5.74) is 1.37. The number of fused-ring (bicyclic) bond motifs is 6. The van der Waals surface area contributed by atoms with Crippen LogP contribution in [0.1, 0.15) is 35.6 Å². The molecule has 3 aromatic rings. The smallest absolute Gasteiger partial charge is 0.308 e. The number of anilines is 1. The van der Waals surface area contributed by atoms with Crippen molar-refractivity contribution in [2.45, 2.75) is 46.9 Å². The van der Waals surface area contributed by atoms with Crippen molar-refractivity contribution in [3.63, 3.8) is 0 Å². The lowest BCUT2D eigenvalue weighted by Crippen LogP contribution is -2.35. The molecule has 37 heavy (non-hydrogen) atoms. The van der Waals surface area contributed by atoms with Crippen molar-refractivity contribution in [2.75, 3.05) is 5.32 Å². The first-order valence-electron chi connectivity index (χ1n) is 11.9. The molecule has 4 unspecified atom stereocenters. The van der Waals surface area contributed by atoms with Crippen molar-refractivity contribution >= 4 is 67.9 Å². The highest BCUT2D eigenvalue weighted by atomic mass is 35.5. The van der Waals surface area contributed by atoms with E-state index in [0.29, 0.717) is 38.7 Å². The Morgan fingerprint density at radius 2 is 1.84 bits per heavy atom. The summed E-state index contributed by atoms with van der Waals surface area (Å²) in [6, 6.07) is 11.3. The van der Waals surface area contributed by atoms with Crippen LogP contribution in [0.25, 0.3) is 0 Å². The molecule has 2 saturated carbocycles. The maximum Gasteiger partial charge on any atom is 0.308 e. The number of carbonyl (C=O) groups is 1. The average molecular weight is 597 g/mol. The quantitative estimate of drug-likeness (QED) is 0.423. The second kappa shape index (κ2) is 9.43. The number of thioether (sulfide) groups is 1. The number of primary sulfonamides is 1. The number of thiazole rings is 1. The van der Waals surface area contributed by atoms with E-state index < -0.39 is 10.0 Å². The first-order chi connectivity index (χ1) is 17.6. The highest BCUT2D eigenvalue weighted by Crippen LogP contribution is 2.64. The van der Waals surface area contributed by atoms with Crippen molar-refractivity contribution in [1.29, 1.82) is 0 Å². The van der Waals surface area contributed by atoms with Crippen LogP contribution in [0.5, 0.6) is 0 Å². The Morgan fingerprint density at radius 3 is 2.57 bits per heavy atom. The van der Waals surface area contributed by atoms with Crippen molar-refractivity contribution in [3.8, 4) is 0 Å². The fourth-order valence-electron chi connectivity index (χ4n) is 6.27. The third-order valence-electron chi connectivity index (χ3n) is 7.78. The van der Waals surface area contributed by atoms with E-state index in [4.69, 9.17) is 28.3 Å². The Kier molecular flexibility index (Phi) is 6.49. The second-order valence-corrected chi connectivity index (χ2v) is 14.4. The predicted octanol–water partition coefficient (Wildman–Crippen LogP) is 5.16. The number of carbonyl (C=O) groups excluding carboxylic acids is 1. The Balaban J connectivity index is 1.34. The zero-order valence-electron chi connectivity index (χ0n) is 19.4. The average Bonchev–Trinajstić information content (AvgIpc) is 3.54. The molecular formula is C25H23Cl2N3O4S3. The summed E-state index contributed by atoms with van der Waals surface area (Å²) < 4.78 is 24.5. The molecule has 3 aliphatic rings. The summed E-state index contributed by atoms with van der Waals surface area (Å²) in [5, 5.41) is 10.1. The molecule has 194 valence electrons. The van der Waals surface area contributed by atoms with E-state index in [-0.39, 0.29) is 28.1 Å². The topological polar surface area (TPSA) is 111 Å². The van der Waals surface area contributed by atoms with Gasteiger partial charge in [-0.3, -0.25) is 14.2 Å². The van der Waals surface area contributed by atoms with Gasteiger partial charge < -0.3 is 5.32 Å². The van der Waals surface area contributed by atoms with Crippen LogP contribution in [0.15, 0.2) is 57.2 Å². The van der Waals surface area contributed by atoms with Gasteiger partial charge in [-0.2, -0.15) is 0 Å². The van der Waals surface area contributed by atoms with Crippen LogP contribution in [0, 0.1) is 17.8 Å². The molecule has 12 heteroatoms. The van der Waals surface area contributed by atoms with Gasteiger partial charge >= 0.3 is 4.87 Å². The predicted molar refractivity (Wildman–Crippen MR) is 147 cm³/mol. The van der Waals surface area contributed by atoms with E-state index in [9.17, 15) is 18.0 Å². The Morgan fingerprint density at radius 1 is 1.11 bits per heavy atom. The maximum absolute atomic E-state index is 13.2. The number of benzene rings is 2. The number of hydrogen-bond acceptors (Lipinski definition) is 6. The molecule has 3 N–H and O–H groups in total. The molecule has 2 aliphatic carbocycles. The number of nitrogens with one attached hydrogen (secondary N) is 1. The minimum Gasteiger partial charge on any atom is -0.325 e. The molecule has 2 heterocycles. The largest absolute Gasteiger partial charge is 0.325 e. The summed E-state index contributed by atoms with van der Waals surface area (Å²) in [6.45, 7) is -0.143. The zero-order chi connectivity index (χ0) is 26.1. The Hall–Kier alpha value is -1.82. The molecule has 2 fully saturated rings. The molecule has 2 aromatic carbocycles. The van der Waals surface area contributed by atoms with Crippen molar-refractivity contribution in [3.05, 3.63) is 72.6 Å². The summed E-state index contributed by atoms with van der Waals surface area (Å²) in [6.07, 6.45) is 3.57. The lowest BCUT2D eigenvalue weighted by atomic mass is 9.75. The number of sulfonamides is 1. The minimum atomic E-state index is -3.83. The van der Waals surface area contributed by atoms with Crippen LogP contribution in [-0.4, -0.2) is 24.1 Å². The number of aromatic nitrogens is 1. The number of rotatable bonds is 5. The van der Waals surface area contributed by atoms with Crippen molar-refractivity contribution in [2.24, 2.45) is 22.9 Å². The molecule has 0 spiro atoms. The molecular weight excluding hydrogens is 573 g/mol. The summed E-state index contributed by atoms with van der Waals surface area (Å²) in [7, 11) is -3.83. The van der Waals surface area contributed by atoms with Crippen LogP contribution in [0.4, 0.5) is 5.69 Å². The molecule has 5 atom stereocenters. The second-order valence-electron chi connectivity index (χ2n) is 9.85. The van der Waals surface area contributed by atoms with Crippen molar-refractivity contribution < 1.29 is 13.2 Å². The fraction of sp³-hybridized carbons (Fsp3) is 0.360. The third kappa shape index (κ3) is 4.45. The van der Waals surface area contributed by atoms with Crippen molar-refractivity contribution in [1.82, 2.24) is 4.57 Å². The van der Waals surface area contributed by atoms with Crippen LogP contribution in [0.2, 0.25) is 10.0 Å². The number of nitrogens with zero attached hydrogens (tertiary/aromatic N) is 1. The Labute approximate surface area is 232 Å². The summed E-state index contributed by atoms with van der Waals surface area (Å²) >= 11 is 16.0. The van der Waals surface area contributed by atoms with Gasteiger partial charge in [-0.15, -0.1) is 11.8 Å². The highest BCUT2D eigenvalue weighted by molar-refractivity contribution is 8.00. The normalized spacial score (nSPS) is 26.1. The van der Waals surface area contributed by atoms with E-state index in [2.05, 4.69) is 5.32 Å². The number of nitrogens with two attached hydrogens (primary N) is 1. The van der Waals surface area contributed by atoms with Gasteiger partial charge in [0.05, 0.1) is 20.0 Å². The zero-order valence-corrected chi connectivity index (χ0v) is 23.4. The van der Waals surface area contributed by atoms with Crippen LogP contribution >= 0.6 is 46.3 Å². The summed E-state index contributed by atoms with van der Waals surface area (Å²) in [5.74, 6) is 1.15. The lowest BCUT2D eigenvalue weighted by Gasteiger charge is -2.40. The van der Waals surface area contributed by atoms with Gasteiger partial charge in [0.15, 0.2) is 0 Å². The van der Waals surface area contributed by atoms with Crippen LogP contribution in [0.3, 0.4) is 0 Å². The van der Waals surface area contributed by atoms with Crippen LogP contribution in [-0.2, 0) is 21.4 Å². The van der Waals surface area contributed by atoms with E-state index in [1.165, 1.54) is 54.9 Å². The monoisotopic (exact) mass is 595 g/mol. The molecule has 0 radical (unpaired) electrons. The van der Waals surface area contributed by atoms with E-state index in [1.54, 1.807) is 22.4 Å². The molecule has 1 amide bonds. The van der Waals surface area contributed by atoms with Gasteiger partial charge in [0.25, 0.3) is 0 Å². The SMILES string of the molecule is NS(=O)(=O)c1ccc(NC(=O)Cn2c3c(sc2=O)[C@H](c2cccc(Cl)c2Cl)C2C4CCC(C4)C2S3)cc1. The first kappa shape index (κ1) is 25.5. The molecule has 6 rings (SSSR count). The van der Waals surface area contributed by atoms with Gasteiger partial charge in [0.1, 0.15) is 6.54 Å². The third-order valence-corrected chi connectivity index (χ3v) is 12.4. The number of hydrogen-bond donors (Lipinski definition) is 2. The Bertz CT molecular complexity index is 1570. The summed E-state index contributed by atoms with van der Waals surface area (Å²) in [4.78, 5) is 26.9. The van der Waals surface area contributed by atoms with E-state index >= 15 is 0 Å². The minimum absolute atomic E-state index is 0.0319. The first-order valence-corrected chi connectivity index (χ1v) is 15.9. The van der Waals surface area contributed by atoms with E-state index in [1.807, 2.05) is 12.1 Å². The molecule has 1 aliphatic heterocycles.